The molecule has 2 saturated heterocycles. The van der Waals surface area contributed by atoms with E-state index in [1.165, 1.54) is 4.90 Å². The number of carbonyl (C=O) groups excluding carboxylic acids is 1. The lowest BCUT2D eigenvalue weighted by Gasteiger charge is -2.35. The Kier molecular flexibility index (Phi) is 3.63. The number of nitrogens with zero attached hydrogens (tertiary/aromatic N) is 1. The number of carboxylic acids is 1. The van der Waals surface area contributed by atoms with E-state index in [0.29, 0.717) is 32.7 Å². The van der Waals surface area contributed by atoms with Gasteiger partial charge in [0.2, 0.25) is 5.91 Å². The second-order valence-electron chi connectivity index (χ2n) is 4.56. The molecule has 0 spiro atoms. The standard InChI is InChI=1S/C11H18N2O4/c1-7-8(2-5-17-7)10(14)13-4-3-12-6-9(13)11(15)16/h7-9,12H,2-6H2,1H3,(H,15,16). The van der Waals surface area contributed by atoms with Gasteiger partial charge in [-0.25, -0.2) is 4.79 Å². The monoisotopic (exact) mass is 242 g/mol. The van der Waals surface area contributed by atoms with Crippen LogP contribution < -0.4 is 5.32 Å². The molecule has 3 atom stereocenters. The Bertz CT molecular complexity index is 321. The molecular formula is C11H18N2O4. The second-order valence-corrected chi connectivity index (χ2v) is 4.56. The molecule has 0 aromatic heterocycles. The Balaban J connectivity index is 2.08. The molecule has 2 heterocycles. The molecule has 0 radical (unpaired) electrons. The van der Waals surface area contributed by atoms with Crippen LogP contribution in [-0.4, -0.2) is 60.3 Å². The van der Waals surface area contributed by atoms with Gasteiger partial charge in [0.05, 0.1) is 12.0 Å². The summed E-state index contributed by atoms with van der Waals surface area (Å²) in [4.78, 5) is 24.9. The fourth-order valence-corrected chi connectivity index (χ4v) is 2.46. The number of carbonyl (C=O) groups is 2. The van der Waals surface area contributed by atoms with Crippen molar-refractivity contribution in [2.24, 2.45) is 5.92 Å². The van der Waals surface area contributed by atoms with Gasteiger partial charge in [0.25, 0.3) is 0 Å². The fraction of sp³-hybridized carbons (Fsp3) is 0.818. The van der Waals surface area contributed by atoms with Crippen molar-refractivity contribution in [1.82, 2.24) is 10.2 Å². The number of nitrogens with one attached hydrogen (secondary N) is 1. The Labute approximate surface area is 99.9 Å². The van der Waals surface area contributed by atoms with E-state index in [0.717, 1.165) is 0 Å². The molecule has 6 nitrogen and oxygen atoms in total. The summed E-state index contributed by atoms with van der Waals surface area (Å²) in [5.41, 5.74) is 0. The van der Waals surface area contributed by atoms with Crippen LogP contribution >= 0.6 is 0 Å². The number of carboxylic acid groups (broad SMARTS) is 1. The molecule has 0 aromatic rings. The van der Waals surface area contributed by atoms with Crippen molar-refractivity contribution in [3.8, 4) is 0 Å². The minimum Gasteiger partial charge on any atom is -0.480 e. The number of hydrogen-bond donors (Lipinski definition) is 2. The van der Waals surface area contributed by atoms with Crippen molar-refractivity contribution in [3.05, 3.63) is 0 Å². The first-order valence-electron chi connectivity index (χ1n) is 5.97. The highest BCUT2D eigenvalue weighted by Gasteiger charge is 2.39. The summed E-state index contributed by atoms with van der Waals surface area (Å²) in [5, 5.41) is 12.1. The average Bonchev–Trinajstić information content (AvgIpc) is 2.74. The first-order valence-corrected chi connectivity index (χ1v) is 5.97. The summed E-state index contributed by atoms with van der Waals surface area (Å²) in [5.74, 6) is -1.21. The largest absolute Gasteiger partial charge is 0.480 e. The molecule has 2 fully saturated rings. The highest BCUT2D eigenvalue weighted by Crippen LogP contribution is 2.24. The molecule has 2 N–H and O–H groups in total. The number of piperazine rings is 1. The van der Waals surface area contributed by atoms with Gasteiger partial charge < -0.3 is 20.1 Å². The number of aliphatic carboxylic acids is 1. The van der Waals surface area contributed by atoms with Crippen LogP contribution in [0.4, 0.5) is 0 Å². The van der Waals surface area contributed by atoms with Crippen molar-refractivity contribution in [1.29, 1.82) is 0 Å². The van der Waals surface area contributed by atoms with E-state index in [1.807, 2.05) is 6.92 Å². The van der Waals surface area contributed by atoms with Gasteiger partial charge in [-0.05, 0) is 13.3 Å². The van der Waals surface area contributed by atoms with Crippen LogP contribution in [0.25, 0.3) is 0 Å². The topological polar surface area (TPSA) is 78.9 Å². The van der Waals surface area contributed by atoms with Crippen LogP contribution in [0.5, 0.6) is 0 Å². The van der Waals surface area contributed by atoms with Crippen molar-refractivity contribution < 1.29 is 19.4 Å². The highest BCUT2D eigenvalue weighted by molar-refractivity contribution is 5.86. The molecule has 2 rings (SSSR count). The predicted octanol–water partition coefficient (Wildman–Crippen LogP) is -0.704. The van der Waals surface area contributed by atoms with Crippen molar-refractivity contribution >= 4 is 11.9 Å². The lowest BCUT2D eigenvalue weighted by atomic mass is 9.99. The van der Waals surface area contributed by atoms with E-state index in [2.05, 4.69) is 5.32 Å². The van der Waals surface area contributed by atoms with Crippen LogP contribution in [0.3, 0.4) is 0 Å². The summed E-state index contributed by atoms with van der Waals surface area (Å²) in [6.07, 6.45) is 0.586. The van der Waals surface area contributed by atoms with Gasteiger partial charge in [0.15, 0.2) is 0 Å². The van der Waals surface area contributed by atoms with Crippen LogP contribution in [-0.2, 0) is 14.3 Å². The zero-order valence-electron chi connectivity index (χ0n) is 9.89. The minimum absolute atomic E-state index is 0.0797. The Hall–Kier alpha value is -1.14. The zero-order valence-corrected chi connectivity index (χ0v) is 9.89. The SMILES string of the molecule is CC1OCCC1C(=O)N1CCNCC1C(=O)O. The molecule has 96 valence electrons. The van der Waals surface area contributed by atoms with Gasteiger partial charge in [0.1, 0.15) is 6.04 Å². The zero-order chi connectivity index (χ0) is 12.4. The molecule has 0 bridgehead atoms. The molecule has 3 unspecified atom stereocenters. The third-order valence-corrected chi connectivity index (χ3v) is 3.50. The fourth-order valence-electron chi connectivity index (χ4n) is 2.46. The lowest BCUT2D eigenvalue weighted by Crippen LogP contribution is -2.58. The van der Waals surface area contributed by atoms with E-state index in [-0.39, 0.29) is 17.9 Å². The number of ether oxygens (including phenoxy) is 1. The average molecular weight is 242 g/mol. The number of amides is 1. The summed E-state index contributed by atoms with van der Waals surface area (Å²) in [6.45, 7) is 3.88. The van der Waals surface area contributed by atoms with Crippen LogP contribution in [0.15, 0.2) is 0 Å². The first kappa shape index (κ1) is 12.3. The molecule has 0 aliphatic carbocycles. The molecule has 17 heavy (non-hydrogen) atoms. The van der Waals surface area contributed by atoms with E-state index < -0.39 is 12.0 Å². The molecule has 6 heteroatoms. The van der Waals surface area contributed by atoms with E-state index in [9.17, 15) is 9.59 Å². The Morgan fingerprint density at radius 3 is 2.82 bits per heavy atom. The quantitative estimate of drug-likeness (QED) is 0.669. The van der Waals surface area contributed by atoms with Crippen LogP contribution in [0.2, 0.25) is 0 Å². The number of rotatable bonds is 2. The molecule has 2 aliphatic rings. The summed E-state index contributed by atoms with van der Waals surface area (Å²) < 4.78 is 5.36. The summed E-state index contributed by atoms with van der Waals surface area (Å²) >= 11 is 0. The van der Waals surface area contributed by atoms with E-state index in [1.54, 1.807) is 0 Å². The summed E-state index contributed by atoms with van der Waals surface area (Å²) in [7, 11) is 0. The second kappa shape index (κ2) is 5.01. The van der Waals surface area contributed by atoms with Crippen LogP contribution in [0.1, 0.15) is 13.3 Å². The van der Waals surface area contributed by atoms with Gasteiger partial charge in [-0.3, -0.25) is 4.79 Å². The van der Waals surface area contributed by atoms with Crippen molar-refractivity contribution in [2.75, 3.05) is 26.2 Å². The van der Waals surface area contributed by atoms with Gasteiger partial charge in [0, 0.05) is 26.2 Å². The normalized spacial score (nSPS) is 33.7. The van der Waals surface area contributed by atoms with E-state index >= 15 is 0 Å². The lowest BCUT2D eigenvalue weighted by molar-refractivity contribution is -0.153. The van der Waals surface area contributed by atoms with E-state index in [4.69, 9.17) is 9.84 Å². The summed E-state index contributed by atoms with van der Waals surface area (Å²) in [6, 6.07) is -0.746. The smallest absolute Gasteiger partial charge is 0.327 e. The Morgan fingerprint density at radius 2 is 2.24 bits per heavy atom. The maximum Gasteiger partial charge on any atom is 0.327 e. The predicted molar refractivity (Wildman–Crippen MR) is 59.5 cm³/mol. The van der Waals surface area contributed by atoms with Crippen molar-refractivity contribution in [3.63, 3.8) is 0 Å². The molecule has 2 aliphatic heterocycles. The molecule has 1 amide bonds. The van der Waals surface area contributed by atoms with Gasteiger partial charge in [-0.1, -0.05) is 0 Å². The molecular weight excluding hydrogens is 224 g/mol. The van der Waals surface area contributed by atoms with Gasteiger partial charge in [-0.2, -0.15) is 0 Å². The third-order valence-electron chi connectivity index (χ3n) is 3.50. The maximum atomic E-state index is 12.3. The molecule has 0 saturated carbocycles. The van der Waals surface area contributed by atoms with Gasteiger partial charge >= 0.3 is 5.97 Å². The van der Waals surface area contributed by atoms with Crippen molar-refractivity contribution in [2.45, 2.75) is 25.5 Å². The van der Waals surface area contributed by atoms with Crippen LogP contribution in [0, 0.1) is 5.92 Å². The molecule has 0 aromatic carbocycles. The highest BCUT2D eigenvalue weighted by atomic mass is 16.5. The minimum atomic E-state index is -0.947. The first-order chi connectivity index (χ1) is 8.11. The Morgan fingerprint density at radius 1 is 1.47 bits per heavy atom. The maximum absolute atomic E-state index is 12.3. The third kappa shape index (κ3) is 2.42. The van der Waals surface area contributed by atoms with Gasteiger partial charge in [-0.15, -0.1) is 0 Å². The number of hydrogen-bond acceptors (Lipinski definition) is 4.